The third-order valence-corrected chi connectivity index (χ3v) is 3.39. The Balaban J connectivity index is 2.08. The summed E-state index contributed by atoms with van der Waals surface area (Å²) in [5, 5.41) is 8.34. The summed E-state index contributed by atoms with van der Waals surface area (Å²) in [6.45, 7) is 1.76. The van der Waals surface area contributed by atoms with Gasteiger partial charge in [-0.1, -0.05) is 0 Å². The molecule has 0 bridgehead atoms. The van der Waals surface area contributed by atoms with Gasteiger partial charge >= 0.3 is 0 Å². The predicted octanol–water partition coefficient (Wildman–Crippen LogP) is 2.23. The minimum absolute atomic E-state index is 0.197. The molecular weight excluding hydrogens is 280 g/mol. The zero-order valence-corrected chi connectivity index (χ0v) is 11.9. The maximum Gasteiger partial charge on any atom is 0.248 e. The number of hydrogen-bond donors (Lipinski definition) is 3. The highest BCUT2D eigenvalue weighted by Crippen LogP contribution is 2.22. The lowest BCUT2D eigenvalue weighted by atomic mass is 9.98. The fourth-order valence-corrected chi connectivity index (χ4v) is 2.28. The summed E-state index contributed by atoms with van der Waals surface area (Å²) in [6, 6.07) is 9.91. The van der Waals surface area contributed by atoms with Gasteiger partial charge in [0.25, 0.3) is 0 Å². The Morgan fingerprint density at radius 1 is 1.18 bits per heavy atom. The van der Waals surface area contributed by atoms with E-state index in [0.29, 0.717) is 39.4 Å². The molecule has 0 unspecified atom stereocenters. The quantitative estimate of drug-likeness (QED) is 0.507. The molecule has 110 valence electrons. The number of carbonyl (C=O) groups is 1. The highest BCUT2D eigenvalue weighted by atomic mass is 16.3. The second-order valence-corrected chi connectivity index (χ2v) is 4.96. The molecule has 0 saturated carbocycles. The Labute approximate surface area is 126 Å². The number of rotatable bonds is 3. The molecule has 0 saturated heterocycles. The van der Waals surface area contributed by atoms with Crippen molar-refractivity contribution in [3.8, 4) is 0 Å². The smallest absolute Gasteiger partial charge is 0.248 e. The molecule has 6 nitrogen and oxygen atoms in total. The normalized spacial score (nSPS) is 10.8. The number of nitrogen functional groups attached to an aromatic ring is 1. The summed E-state index contributed by atoms with van der Waals surface area (Å²) in [7, 11) is 0. The molecule has 0 spiro atoms. The maximum absolute atomic E-state index is 11.3. The fourth-order valence-electron chi connectivity index (χ4n) is 2.28. The standard InChI is InChI=1S/C16H14N4O2/c1-8-20-13-7-9(3-5-14(13)22-8)15(18)11-6-10(16(19)21)2-4-12(11)17/h2-7,18H,17H2,1H3,(H2,19,21). The molecule has 22 heavy (non-hydrogen) atoms. The van der Waals surface area contributed by atoms with Gasteiger partial charge in [0.05, 0.1) is 5.71 Å². The van der Waals surface area contributed by atoms with Gasteiger partial charge in [-0.2, -0.15) is 0 Å². The van der Waals surface area contributed by atoms with Crippen LogP contribution in [0.3, 0.4) is 0 Å². The number of amides is 1. The van der Waals surface area contributed by atoms with Crippen LogP contribution in [0.1, 0.15) is 27.4 Å². The number of nitrogens with one attached hydrogen (secondary N) is 1. The molecule has 0 radical (unpaired) electrons. The molecule has 2 aromatic carbocycles. The van der Waals surface area contributed by atoms with Crippen LogP contribution in [0.2, 0.25) is 0 Å². The van der Waals surface area contributed by atoms with Crippen molar-refractivity contribution in [2.75, 3.05) is 5.73 Å². The zero-order valence-electron chi connectivity index (χ0n) is 11.9. The van der Waals surface area contributed by atoms with Crippen molar-refractivity contribution in [2.24, 2.45) is 5.73 Å². The lowest BCUT2D eigenvalue weighted by Gasteiger charge is -2.09. The van der Waals surface area contributed by atoms with E-state index in [1.807, 2.05) is 0 Å². The molecule has 0 aliphatic rings. The molecule has 0 aliphatic heterocycles. The van der Waals surface area contributed by atoms with E-state index in [-0.39, 0.29) is 5.71 Å². The first-order valence-electron chi connectivity index (χ1n) is 6.61. The molecule has 1 amide bonds. The van der Waals surface area contributed by atoms with E-state index >= 15 is 0 Å². The summed E-state index contributed by atoms with van der Waals surface area (Å²) in [5.41, 5.74) is 14.5. The summed E-state index contributed by atoms with van der Waals surface area (Å²) in [4.78, 5) is 15.5. The van der Waals surface area contributed by atoms with Crippen molar-refractivity contribution >= 4 is 28.4 Å². The Morgan fingerprint density at radius 2 is 1.91 bits per heavy atom. The van der Waals surface area contributed by atoms with Crippen LogP contribution in [0.4, 0.5) is 5.69 Å². The average molecular weight is 294 g/mol. The number of oxazole rings is 1. The maximum atomic E-state index is 11.3. The third kappa shape index (κ3) is 2.31. The van der Waals surface area contributed by atoms with Crippen molar-refractivity contribution in [3.63, 3.8) is 0 Å². The van der Waals surface area contributed by atoms with Gasteiger partial charge in [-0.25, -0.2) is 4.98 Å². The fraction of sp³-hybridized carbons (Fsp3) is 0.0625. The first kappa shape index (κ1) is 13.8. The van der Waals surface area contributed by atoms with Crippen molar-refractivity contribution in [3.05, 3.63) is 59.0 Å². The van der Waals surface area contributed by atoms with Crippen molar-refractivity contribution in [1.29, 1.82) is 5.41 Å². The van der Waals surface area contributed by atoms with Gasteiger partial charge in [0.15, 0.2) is 11.5 Å². The van der Waals surface area contributed by atoms with Crippen LogP contribution >= 0.6 is 0 Å². The van der Waals surface area contributed by atoms with Gasteiger partial charge in [-0.3, -0.25) is 10.2 Å². The highest BCUT2D eigenvalue weighted by molar-refractivity contribution is 6.15. The van der Waals surface area contributed by atoms with Crippen LogP contribution in [0.25, 0.3) is 11.1 Å². The Bertz CT molecular complexity index is 912. The number of carbonyl (C=O) groups excluding carboxylic acids is 1. The number of nitrogens with zero attached hydrogens (tertiary/aromatic N) is 1. The van der Waals surface area contributed by atoms with Crippen molar-refractivity contribution in [1.82, 2.24) is 4.98 Å². The van der Waals surface area contributed by atoms with E-state index in [9.17, 15) is 4.79 Å². The number of anilines is 1. The largest absolute Gasteiger partial charge is 0.441 e. The monoisotopic (exact) mass is 294 g/mol. The predicted molar refractivity (Wildman–Crippen MR) is 84.0 cm³/mol. The molecule has 3 aromatic rings. The molecule has 5 N–H and O–H groups in total. The Hall–Kier alpha value is -3.15. The molecule has 1 aromatic heterocycles. The molecule has 3 rings (SSSR count). The number of primary amides is 1. The van der Waals surface area contributed by atoms with Crippen LogP contribution in [0, 0.1) is 12.3 Å². The van der Waals surface area contributed by atoms with E-state index in [1.165, 1.54) is 6.07 Å². The van der Waals surface area contributed by atoms with E-state index in [4.69, 9.17) is 21.3 Å². The highest BCUT2D eigenvalue weighted by Gasteiger charge is 2.13. The molecule has 0 atom stereocenters. The average Bonchev–Trinajstić information content (AvgIpc) is 2.85. The SMILES string of the molecule is Cc1nc2cc(C(=N)c3cc(C(N)=O)ccc3N)ccc2o1. The Kier molecular flexibility index (Phi) is 3.14. The van der Waals surface area contributed by atoms with Gasteiger partial charge in [0, 0.05) is 29.3 Å². The number of aryl methyl sites for hydroxylation is 1. The second kappa shape index (κ2) is 5.00. The summed E-state index contributed by atoms with van der Waals surface area (Å²) >= 11 is 0. The molecule has 0 fully saturated rings. The molecule has 0 aliphatic carbocycles. The topological polar surface area (TPSA) is 119 Å². The number of fused-ring (bicyclic) bond motifs is 1. The van der Waals surface area contributed by atoms with Gasteiger partial charge in [0.1, 0.15) is 5.52 Å². The van der Waals surface area contributed by atoms with Crippen molar-refractivity contribution < 1.29 is 9.21 Å². The summed E-state index contributed by atoms with van der Waals surface area (Å²) in [6.07, 6.45) is 0. The minimum Gasteiger partial charge on any atom is -0.441 e. The van der Waals surface area contributed by atoms with Crippen LogP contribution in [-0.2, 0) is 0 Å². The number of aromatic nitrogens is 1. The molecule has 1 heterocycles. The zero-order chi connectivity index (χ0) is 15.9. The number of hydrogen-bond acceptors (Lipinski definition) is 5. The Morgan fingerprint density at radius 3 is 2.64 bits per heavy atom. The summed E-state index contributed by atoms with van der Waals surface area (Å²) in [5.74, 6) is 0.00514. The van der Waals surface area contributed by atoms with E-state index in [2.05, 4.69) is 4.98 Å². The van der Waals surface area contributed by atoms with E-state index < -0.39 is 5.91 Å². The van der Waals surface area contributed by atoms with Crippen LogP contribution in [0.15, 0.2) is 40.8 Å². The van der Waals surface area contributed by atoms with Crippen LogP contribution in [0.5, 0.6) is 0 Å². The van der Waals surface area contributed by atoms with Gasteiger partial charge in [-0.05, 0) is 36.4 Å². The van der Waals surface area contributed by atoms with Crippen LogP contribution < -0.4 is 11.5 Å². The minimum atomic E-state index is -0.559. The van der Waals surface area contributed by atoms with Gasteiger partial charge in [0.2, 0.25) is 5.91 Å². The number of benzene rings is 2. The lowest BCUT2D eigenvalue weighted by molar-refractivity contribution is 0.100. The third-order valence-electron chi connectivity index (χ3n) is 3.39. The molecule has 6 heteroatoms. The van der Waals surface area contributed by atoms with E-state index in [0.717, 1.165) is 0 Å². The van der Waals surface area contributed by atoms with Gasteiger partial charge in [-0.15, -0.1) is 0 Å². The first-order valence-corrected chi connectivity index (χ1v) is 6.61. The lowest BCUT2D eigenvalue weighted by Crippen LogP contribution is -2.13. The molecular formula is C16H14N4O2. The second-order valence-electron chi connectivity index (χ2n) is 4.96. The van der Waals surface area contributed by atoms with Gasteiger partial charge < -0.3 is 15.9 Å². The van der Waals surface area contributed by atoms with Crippen LogP contribution in [-0.4, -0.2) is 16.6 Å². The summed E-state index contributed by atoms with van der Waals surface area (Å²) < 4.78 is 5.42. The van der Waals surface area contributed by atoms with E-state index in [1.54, 1.807) is 37.3 Å². The van der Waals surface area contributed by atoms with Crippen molar-refractivity contribution in [2.45, 2.75) is 6.92 Å². The first-order chi connectivity index (χ1) is 10.5. The number of nitrogens with two attached hydrogens (primary N) is 2.